The van der Waals surface area contributed by atoms with Crippen LogP contribution in [-0.4, -0.2) is 85.3 Å². The Morgan fingerprint density at radius 3 is 2.49 bits per heavy atom. The average molecular weight is 493 g/mol. The number of hydrogen-bond acceptors (Lipinski definition) is 7. The van der Waals surface area contributed by atoms with Gasteiger partial charge >= 0.3 is 5.97 Å². The highest BCUT2D eigenvalue weighted by molar-refractivity contribution is 5.85. The maximum absolute atomic E-state index is 12.8. The van der Waals surface area contributed by atoms with Crippen LogP contribution in [0.1, 0.15) is 66.2 Å². The normalized spacial score (nSPS) is 19.4. The fourth-order valence-corrected chi connectivity index (χ4v) is 3.71. The summed E-state index contributed by atoms with van der Waals surface area (Å²) in [6.07, 6.45) is 3.41. The van der Waals surface area contributed by atoms with Crippen molar-refractivity contribution in [3.8, 4) is 0 Å². The Morgan fingerprint density at radius 2 is 1.86 bits per heavy atom. The van der Waals surface area contributed by atoms with Gasteiger partial charge in [0.2, 0.25) is 11.8 Å². The minimum absolute atomic E-state index is 0.0825. The summed E-state index contributed by atoms with van der Waals surface area (Å²) in [7, 11) is 0. The molecule has 0 aromatic rings. The third-order valence-corrected chi connectivity index (χ3v) is 6.68. The fourth-order valence-electron chi connectivity index (χ4n) is 3.71. The van der Waals surface area contributed by atoms with Crippen LogP contribution in [0, 0.1) is 10.8 Å². The highest BCUT2D eigenvalue weighted by atomic mass is 16.5. The number of esters is 1. The summed E-state index contributed by atoms with van der Waals surface area (Å²) < 4.78 is 5.60. The number of azide groups is 1. The summed E-state index contributed by atoms with van der Waals surface area (Å²) in [4.78, 5) is 56.1. The molecule has 11 heteroatoms. The topological polar surface area (TPSA) is 145 Å². The molecule has 35 heavy (non-hydrogen) atoms. The molecule has 11 nitrogen and oxygen atoms in total. The van der Waals surface area contributed by atoms with E-state index < -0.39 is 10.8 Å². The molecule has 0 aromatic carbocycles. The zero-order chi connectivity index (χ0) is 26.1. The van der Waals surface area contributed by atoms with Gasteiger partial charge < -0.3 is 15.0 Å². The Bertz CT molecular complexity index is 829. The number of hydrogen-bond donors (Lipinski definition) is 1. The molecular weight excluding hydrogens is 452 g/mol. The Hall–Kier alpha value is -2.65. The van der Waals surface area contributed by atoms with Crippen LogP contribution in [0.3, 0.4) is 0 Å². The van der Waals surface area contributed by atoms with Crippen molar-refractivity contribution in [1.82, 2.24) is 15.1 Å². The smallest absolute Gasteiger partial charge is 0.311 e. The second-order valence-electron chi connectivity index (χ2n) is 10.8. The molecule has 2 rings (SSSR count). The van der Waals surface area contributed by atoms with Crippen LogP contribution in [0.4, 0.5) is 0 Å². The standard InChI is InChI=1S/C24H40N6O5/c1-23(2,3)19(31)16-29-13-14-30(15-18(29)17-35-22(34)24(4)9-10-24)21(33)8-12-26-20(32)7-5-6-11-27-28-25/h18H,5-17H2,1-4H3,(H,26,32). The molecule has 2 amide bonds. The van der Waals surface area contributed by atoms with Crippen molar-refractivity contribution in [2.45, 2.75) is 72.3 Å². The van der Waals surface area contributed by atoms with Crippen molar-refractivity contribution >= 4 is 23.6 Å². The van der Waals surface area contributed by atoms with E-state index in [1.807, 2.05) is 32.6 Å². The summed E-state index contributed by atoms with van der Waals surface area (Å²) >= 11 is 0. The molecule has 1 aliphatic carbocycles. The predicted molar refractivity (Wildman–Crippen MR) is 130 cm³/mol. The maximum atomic E-state index is 12.8. The monoisotopic (exact) mass is 492 g/mol. The zero-order valence-electron chi connectivity index (χ0n) is 21.5. The number of rotatable bonds is 13. The second kappa shape index (κ2) is 12.9. The zero-order valence-corrected chi connectivity index (χ0v) is 21.5. The molecule has 1 aliphatic heterocycles. The van der Waals surface area contributed by atoms with Gasteiger partial charge in [-0.05, 0) is 38.1 Å². The third-order valence-electron chi connectivity index (χ3n) is 6.68. The van der Waals surface area contributed by atoms with Crippen molar-refractivity contribution in [2.75, 3.05) is 45.9 Å². The summed E-state index contributed by atoms with van der Waals surface area (Å²) in [6, 6.07) is -0.254. The number of nitrogens with zero attached hydrogens (tertiary/aromatic N) is 5. The lowest BCUT2D eigenvalue weighted by Crippen LogP contribution is -2.58. The van der Waals surface area contributed by atoms with Crippen molar-refractivity contribution < 1.29 is 23.9 Å². The van der Waals surface area contributed by atoms with Crippen LogP contribution < -0.4 is 5.32 Å². The minimum atomic E-state index is -0.475. The van der Waals surface area contributed by atoms with Gasteiger partial charge in [-0.25, -0.2) is 0 Å². The lowest BCUT2D eigenvalue weighted by Gasteiger charge is -2.41. The SMILES string of the molecule is CC(C)(C)C(=O)CN1CCN(C(=O)CCNC(=O)CCCCN=[N+]=[N-])CC1COC(=O)C1(C)CC1. The largest absolute Gasteiger partial charge is 0.464 e. The molecule has 1 unspecified atom stereocenters. The van der Waals surface area contributed by atoms with E-state index in [2.05, 4.69) is 15.3 Å². The molecular formula is C24H40N6O5. The van der Waals surface area contributed by atoms with E-state index in [9.17, 15) is 19.2 Å². The first kappa shape index (κ1) is 28.6. The van der Waals surface area contributed by atoms with Crippen molar-refractivity contribution in [3.05, 3.63) is 10.4 Å². The summed E-state index contributed by atoms with van der Waals surface area (Å²) in [6.45, 7) is 9.90. The van der Waals surface area contributed by atoms with Crippen LogP contribution in [0.15, 0.2) is 5.11 Å². The number of carbonyl (C=O) groups excluding carboxylic acids is 4. The number of unbranched alkanes of at least 4 members (excludes halogenated alkanes) is 1. The van der Waals surface area contributed by atoms with Gasteiger partial charge in [-0.1, -0.05) is 25.9 Å². The first-order chi connectivity index (χ1) is 16.5. The van der Waals surface area contributed by atoms with Crippen LogP contribution in [0.25, 0.3) is 10.4 Å². The minimum Gasteiger partial charge on any atom is -0.464 e. The summed E-state index contributed by atoms with van der Waals surface area (Å²) in [5.41, 5.74) is 7.38. The molecule has 0 bridgehead atoms. The number of amides is 2. The summed E-state index contributed by atoms with van der Waals surface area (Å²) in [5, 5.41) is 6.19. The molecule has 1 saturated heterocycles. The van der Waals surface area contributed by atoms with Gasteiger partial charge in [0, 0.05) is 55.9 Å². The highest BCUT2D eigenvalue weighted by Gasteiger charge is 2.47. The molecule has 2 fully saturated rings. The van der Waals surface area contributed by atoms with Gasteiger partial charge in [-0.2, -0.15) is 0 Å². The predicted octanol–water partition coefficient (Wildman–Crippen LogP) is 2.44. The average Bonchev–Trinajstić information content (AvgIpc) is 3.55. The van der Waals surface area contributed by atoms with Gasteiger partial charge in [0.15, 0.2) is 5.78 Å². The van der Waals surface area contributed by atoms with Crippen molar-refractivity contribution in [2.24, 2.45) is 15.9 Å². The number of carbonyl (C=O) groups is 4. The Morgan fingerprint density at radius 1 is 1.14 bits per heavy atom. The van der Waals surface area contributed by atoms with Crippen LogP contribution >= 0.6 is 0 Å². The Balaban J connectivity index is 1.84. The quantitative estimate of drug-likeness (QED) is 0.137. The number of piperazine rings is 1. The summed E-state index contributed by atoms with van der Waals surface area (Å²) in [5.74, 6) is -0.335. The van der Waals surface area contributed by atoms with Crippen LogP contribution in [-0.2, 0) is 23.9 Å². The van der Waals surface area contributed by atoms with Gasteiger partial charge in [0.25, 0.3) is 0 Å². The van der Waals surface area contributed by atoms with Crippen molar-refractivity contribution in [3.63, 3.8) is 0 Å². The lowest BCUT2D eigenvalue weighted by atomic mass is 9.90. The molecule has 1 atom stereocenters. The van der Waals surface area contributed by atoms with E-state index in [4.69, 9.17) is 10.3 Å². The maximum Gasteiger partial charge on any atom is 0.311 e. The van der Waals surface area contributed by atoms with Crippen LogP contribution in [0.2, 0.25) is 0 Å². The lowest BCUT2D eigenvalue weighted by molar-refractivity contribution is -0.153. The van der Waals surface area contributed by atoms with Gasteiger partial charge in [-0.3, -0.25) is 24.1 Å². The third kappa shape index (κ3) is 9.49. The van der Waals surface area contributed by atoms with Crippen LogP contribution in [0.5, 0.6) is 0 Å². The number of ketones is 1. The van der Waals surface area contributed by atoms with E-state index in [0.29, 0.717) is 45.4 Å². The van der Waals surface area contributed by atoms with Crippen molar-refractivity contribution in [1.29, 1.82) is 0 Å². The Kier molecular flexibility index (Phi) is 10.5. The molecule has 2 aliphatic rings. The van der Waals surface area contributed by atoms with E-state index in [-0.39, 0.29) is 55.7 Å². The number of ether oxygens (including phenoxy) is 1. The van der Waals surface area contributed by atoms with Gasteiger partial charge in [0.05, 0.1) is 18.0 Å². The van der Waals surface area contributed by atoms with E-state index >= 15 is 0 Å². The molecule has 1 N–H and O–H groups in total. The molecule has 1 saturated carbocycles. The molecule has 196 valence electrons. The number of Topliss-reactive ketones (excluding diaryl/α,β-unsaturated/α-hetero) is 1. The fraction of sp³-hybridized carbons (Fsp3) is 0.833. The van der Waals surface area contributed by atoms with Gasteiger partial charge in [-0.15, -0.1) is 0 Å². The molecule has 0 radical (unpaired) electrons. The number of nitrogens with one attached hydrogen (secondary N) is 1. The molecule has 1 heterocycles. The second-order valence-corrected chi connectivity index (χ2v) is 10.8. The molecule has 0 aromatic heterocycles. The highest BCUT2D eigenvalue weighted by Crippen LogP contribution is 2.46. The molecule has 0 spiro atoms. The van der Waals surface area contributed by atoms with E-state index in [1.54, 1.807) is 4.90 Å². The van der Waals surface area contributed by atoms with E-state index in [0.717, 1.165) is 12.8 Å². The first-order valence-electron chi connectivity index (χ1n) is 12.5. The Labute approximate surface area is 207 Å². The van der Waals surface area contributed by atoms with E-state index in [1.165, 1.54) is 0 Å². The van der Waals surface area contributed by atoms with Gasteiger partial charge in [0.1, 0.15) is 6.61 Å². The first-order valence-corrected chi connectivity index (χ1v) is 12.5.